The Morgan fingerprint density at radius 1 is 1.17 bits per heavy atom. The van der Waals surface area contributed by atoms with Crippen LogP contribution in [-0.4, -0.2) is 20.5 Å². The van der Waals surface area contributed by atoms with Gasteiger partial charge in [-0.15, -0.1) is 0 Å². The molecular formula is C15H13ClFNO4S. The van der Waals surface area contributed by atoms with Crippen LogP contribution in [0.1, 0.15) is 17.3 Å². The lowest BCUT2D eigenvalue weighted by atomic mass is 10.1. The maximum atomic E-state index is 13.1. The van der Waals surface area contributed by atoms with E-state index >= 15 is 0 Å². The number of carbonyl (C=O) groups is 1. The van der Waals surface area contributed by atoms with E-state index in [0.717, 1.165) is 18.4 Å². The number of ketones is 1. The van der Waals surface area contributed by atoms with E-state index in [0.29, 0.717) is 5.56 Å². The number of nitrogens with one attached hydrogen (secondary N) is 1. The third kappa shape index (κ3) is 4.67. The summed E-state index contributed by atoms with van der Waals surface area (Å²) in [6, 6.07) is 7.78. The molecule has 0 fully saturated rings. The van der Waals surface area contributed by atoms with Gasteiger partial charge in [-0.1, -0.05) is 11.6 Å². The number of hydrogen-bond donors (Lipinski definition) is 1. The predicted octanol–water partition coefficient (Wildman–Crippen LogP) is 3.85. The van der Waals surface area contributed by atoms with Gasteiger partial charge in [0.2, 0.25) is 10.0 Å². The Kier molecular flexibility index (Phi) is 4.91. The predicted molar refractivity (Wildman–Crippen MR) is 86.4 cm³/mol. The van der Waals surface area contributed by atoms with Gasteiger partial charge in [-0.05, 0) is 43.3 Å². The molecule has 1 N–H and O–H groups in total. The van der Waals surface area contributed by atoms with Crippen molar-refractivity contribution in [1.82, 2.24) is 0 Å². The van der Waals surface area contributed by atoms with Crippen molar-refractivity contribution < 1.29 is 22.3 Å². The summed E-state index contributed by atoms with van der Waals surface area (Å²) in [6.45, 7) is 1.37. The van der Waals surface area contributed by atoms with E-state index in [2.05, 4.69) is 4.72 Å². The molecular weight excluding hydrogens is 345 g/mol. The van der Waals surface area contributed by atoms with E-state index in [9.17, 15) is 17.6 Å². The second-order valence-corrected chi connectivity index (χ2v) is 6.97. The van der Waals surface area contributed by atoms with Crippen molar-refractivity contribution >= 4 is 33.1 Å². The molecule has 0 bridgehead atoms. The summed E-state index contributed by atoms with van der Waals surface area (Å²) in [7, 11) is -3.55. The molecule has 0 aliphatic carbocycles. The minimum Gasteiger partial charge on any atom is -0.454 e. The lowest BCUT2D eigenvalue weighted by Gasteiger charge is -2.14. The van der Waals surface area contributed by atoms with Gasteiger partial charge in [0.05, 0.1) is 17.0 Å². The number of sulfonamides is 1. The van der Waals surface area contributed by atoms with Crippen molar-refractivity contribution in [2.24, 2.45) is 0 Å². The van der Waals surface area contributed by atoms with Gasteiger partial charge in [-0.2, -0.15) is 0 Å². The van der Waals surface area contributed by atoms with Gasteiger partial charge in [-0.3, -0.25) is 9.52 Å². The Labute approximate surface area is 138 Å². The molecule has 0 radical (unpaired) electrons. The molecule has 0 amide bonds. The zero-order valence-corrected chi connectivity index (χ0v) is 13.8. The molecule has 122 valence electrons. The molecule has 5 nitrogen and oxygen atoms in total. The molecule has 8 heteroatoms. The third-order valence-electron chi connectivity index (χ3n) is 2.80. The van der Waals surface area contributed by atoms with E-state index in [1.165, 1.54) is 31.2 Å². The number of carbonyl (C=O) groups excluding carboxylic acids is 1. The first-order valence-electron chi connectivity index (χ1n) is 6.41. The maximum absolute atomic E-state index is 13.1. The maximum Gasteiger partial charge on any atom is 0.229 e. The number of Topliss-reactive ketones (excluding diaryl/α,β-unsaturated/α-hetero) is 1. The second-order valence-electron chi connectivity index (χ2n) is 4.82. The van der Waals surface area contributed by atoms with Crippen molar-refractivity contribution in [3.63, 3.8) is 0 Å². The molecule has 0 aliphatic heterocycles. The van der Waals surface area contributed by atoms with E-state index in [1.54, 1.807) is 0 Å². The fourth-order valence-corrected chi connectivity index (χ4v) is 2.56. The van der Waals surface area contributed by atoms with Gasteiger partial charge < -0.3 is 4.74 Å². The topological polar surface area (TPSA) is 72.5 Å². The third-order valence-corrected chi connectivity index (χ3v) is 3.68. The lowest BCUT2D eigenvalue weighted by molar-refractivity contribution is 0.101. The largest absolute Gasteiger partial charge is 0.454 e. The van der Waals surface area contributed by atoms with Crippen LogP contribution in [-0.2, 0) is 10.0 Å². The average Bonchev–Trinajstić information content (AvgIpc) is 2.41. The summed E-state index contributed by atoms with van der Waals surface area (Å²) in [5.41, 5.74) is 0.468. The molecule has 0 aliphatic rings. The molecule has 0 heterocycles. The van der Waals surface area contributed by atoms with Crippen LogP contribution in [0.2, 0.25) is 5.02 Å². The molecule has 2 rings (SSSR count). The lowest BCUT2D eigenvalue weighted by Crippen LogP contribution is -2.10. The molecule has 23 heavy (non-hydrogen) atoms. The number of halogens is 2. The fourth-order valence-electron chi connectivity index (χ4n) is 1.79. The number of ether oxygens (including phenoxy) is 1. The van der Waals surface area contributed by atoms with Gasteiger partial charge in [0.25, 0.3) is 0 Å². The van der Waals surface area contributed by atoms with Crippen LogP contribution in [0.15, 0.2) is 36.4 Å². The molecule has 0 saturated heterocycles. The van der Waals surface area contributed by atoms with Crippen LogP contribution < -0.4 is 9.46 Å². The van der Waals surface area contributed by atoms with Crippen LogP contribution in [0.25, 0.3) is 0 Å². The van der Waals surface area contributed by atoms with Gasteiger partial charge in [-0.25, -0.2) is 12.8 Å². The summed E-state index contributed by atoms with van der Waals surface area (Å²) < 4.78 is 43.8. The average molecular weight is 358 g/mol. The molecule has 0 atom stereocenters. The van der Waals surface area contributed by atoms with Gasteiger partial charge in [0, 0.05) is 5.56 Å². The highest BCUT2D eigenvalue weighted by Gasteiger charge is 2.14. The summed E-state index contributed by atoms with van der Waals surface area (Å²) >= 11 is 5.90. The Morgan fingerprint density at radius 2 is 1.87 bits per heavy atom. The Bertz CT molecular complexity index is 868. The van der Waals surface area contributed by atoms with E-state index in [-0.39, 0.29) is 28.0 Å². The normalized spacial score (nSPS) is 11.1. The van der Waals surface area contributed by atoms with Crippen molar-refractivity contribution in [1.29, 1.82) is 0 Å². The Morgan fingerprint density at radius 3 is 2.43 bits per heavy atom. The first kappa shape index (κ1) is 17.2. The standard InChI is InChI=1S/C15H13ClFNO4S/c1-9(19)10-3-5-13(18-23(2,20)21)15(7-10)22-14-6-4-11(17)8-12(14)16/h3-8,18H,1-2H3. The van der Waals surface area contributed by atoms with E-state index < -0.39 is 15.8 Å². The van der Waals surface area contributed by atoms with E-state index in [4.69, 9.17) is 16.3 Å². The van der Waals surface area contributed by atoms with E-state index in [1.807, 2.05) is 0 Å². The second kappa shape index (κ2) is 6.55. The summed E-state index contributed by atoms with van der Waals surface area (Å²) in [5.74, 6) is -0.540. The Hall–Kier alpha value is -2.12. The zero-order chi connectivity index (χ0) is 17.2. The molecule has 2 aromatic rings. The summed E-state index contributed by atoms with van der Waals surface area (Å²) in [6.07, 6.45) is 0.987. The number of hydrogen-bond acceptors (Lipinski definition) is 4. The minimum atomic E-state index is -3.55. The molecule has 0 unspecified atom stereocenters. The van der Waals surface area contributed by atoms with Crippen LogP contribution in [0.4, 0.5) is 10.1 Å². The molecule has 0 saturated carbocycles. The van der Waals surface area contributed by atoms with Crippen LogP contribution in [0, 0.1) is 5.82 Å². The quantitative estimate of drug-likeness (QED) is 0.825. The van der Waals surface area contributed by atoms with Crippen molar-refractivity contribution in [3.05, 3.63) is 52.8 Å². The van der Waals surface area contributed by atoms with Crippen LogP contribution in [0.3, 0.4) is 0 Å². The highest BCUT2D eigenvalue weighted by atomic mass is 35.5. The number of benzene rings is 2. The SMILES string of the molecule is CC(=O)c1ccc(NS(C)(=O)=O)c(Oc2ccc(F)cc2Cl)c1. The highest BCUT2D eigenvalue weighted by Crippen LogP contribution is 2.35. The van der Waals surface area contributed by atoms with Gasteiger partial charge >= 0.3 is 0 Å². The molecule has 2 aromatic carbocycles. The van der Waals surface area contributed by atoms with Crippen LogP contribution in [0.5, 0.6) is 11.5 Å². The molecule has 0 aromatic heterocycles. The zero-order valence-electron chi connectivity index (χ0n) is 12.3. The first-order valence-corrected chi connectivity index (χ1v) is 8.68. The minimum absolute atomic E-state index is 0.0172. The van der Waals surface area contributed by atoms with Crippen LogP contribution >= 0.6 is 11.6 Å². The van der Waals surface area contributed by atoms with Gasteiger partial charge in [0.1, 0.15) is 11.6 Å². The number of anilines is 1. The number of rotatable bonds is 5. The van der Waals surface area contributed by atoms with Crippen molar-refractivity contribution in [2.45, 2.75) is 6.92 Å². The van der Waals surface area contributed by atoms with Crippen molar-refractivity contribution in [2.75, 3.05) is 11.0 Å². The fraction of sp³-hybridized carbons (Fsp3) is 0.133. The molecule has 0 spiro atoms. The first-order chi connectivity index (χ1) is 10.7. The Balaban J connectivity index is 2.48. The highest BCUT2D eigenvalue weighted by molar-refractivity contribution is 7.92. The van der Waals surface area contributed by atoms with Gasteiger partial charge in [0.15, 0.2) is 11.5 Å². The monoisotopic (exact) mass is 357 g/mol. The summed E-state index contributed by atoms with van der Waals surface area (Å²) in [4.78, 5) is 11.5. The summed E-state index contributed by atoms with van der Waals surface area (Å²) in [5, 5.41) is 0.0172. The van der Waals surface area contributed by atoms with Crippen molar-refractivity contribution in [3.8, 4) is 11.5 Å². The smallest absolute Gasteiger partial charge is 0.229 e.